The lowest BCUT2D eigenvalue weighted by atomic mass is 9.96. The van der Waals surface area contributed by atoms with E-state index in [0.717, 1.165) is 8.95 Å². The van der Waals surface area contributed by atoms with E-state index >= 15 is 0 Å². The number of rotatable bonds is 4. The van der Waals surface area contributed by atoms with Crippen LogP contribution in [0, 0.1) is 12.3 Å². The van der Waals surface area contributed by atoms with Crippen molar-refractivity contribution in [1.29, 1.82) is 0 Å². The molecule has 3 nitrogen and oxygen atoms in total. The third-order valence-corrected chi connectivity index (χ3v) is 4.26. The highest BCUT2D eigenvalue weighted by Crippen LogP contribution is 2.33. The van der Waals surface area contributed by atoms with Gasteiger partial charge in [0.15, 0.2) is 5.60 Å². The van der Waals surface area contributed by atoms with Gasteiger partial charge in [0.2, 0.25) is 0 Å². The molecule has 5 heteroatoms. The van der Waals surface area contributed by atoms with E-state index in [-0.39, 0.29) is 0 Å². The Hall–Kier alpha value is -1.77. The van der Waals surface area contributed by atoms with Crippen LogP contribution in [-0.4, -0.2) is 5.97 Å². The molecule has 0 saturated heterocycles. The van der Waals surface area contributed by atoms with Crippen LogP contribution in [0.5, 0.6) is 11.5 Å². The zero-order chi connectivity index (χ0) is 17.0. The smallest absolute Gasteiger partial charge is 0.304 e. The molecule has 0 fully saturated rings. The van der Waals surface area contributed by atoms with Crippen LogP contribution in [0.15, 0.2) is 51.4 Å². The van der Waals surface area contributed by atoms with Gasteiger partial charge in [-0.2, -0.15) is 0 Å². The van der Waals surface area contributed by atoms with Crippen LogP contribution in [0.3, 0.4) is 0 Å². The van der Waals surface area contributed by atoms with Crippen molar-refractivity contribution in [2.24, 2.45) is 0 Å². The Bertz CT molecular complexity index is 763. The average Bonchev–Trinajstić information content (AvgIpc) is 2.50. The molecule has 1 atom stereocenters. The minimum absolute atomic E-state index is 0.426. The van der Waals surface area contributed by atoms with E-state index in [1.54, 1.807) is 31.2 Å². The lowest BCUT2D eigenvalue weighted by Gasteiger charge is -2.23. The summed E-state index contributed by atoms with van der Waals surface area (Å²) in [7, 11) is 0. The maximum Gasteiger partial charge on any atom is 0.304 e. The van der Waals surface area contributed by atoms with Crippen LogP contribution in [0.4, 0.5) is 0 Å². The Morgan fingerprint density at radius 1 is 1.17 bits per heavy atom. The van der Waals surface area contributed by atoms with Gasteiger partial charge in [0, 0.05) is 17.0 Å². The molecular weight excluding hydrogens is 424 g/mol. The van der Waals surface area contributed by atoms with Crippen molar-refractivity contribution < 1.29 is 14.3 Å². The lowest BCUT2D eigenvalue weighted by Crippen LogP contribution is -2.26. The first-order chi connectivity index (χ1) is 10.8. The summed E-state index contributed by atoms with van der Waals surface area (Å²) in [5, 5.41) is 0. The molecule has 0 aliphatic rings. The van der Waals surface area contributed by atoms with Gasteiger partial charge in [-0.15, -0.1) is 6.42 Å². The Labute approximate surface area is 152 Å². The van der Waals surface area contributed by atoms with Crippen LogP contribution >= 0.6 is 31.9 Å². The van der Waals surface area contributed by atoms with Crippen molar-refractivity contribution in [3.05, 3.63) is 57.0 Å². The maximum absolute atomic E-state index is 11.2. The molecule has 2 aromatic carbocycles. The Morgan fingerprint density at radius 3 is 2.35 bits per heavy atom. The molecule has 1 unspecified atom stereocenters. The SMILES string of the molecule is C#CC(C)(OC(C)=O)c1ccc(Oc2ccc(Br)cc2Br)cc1. The minimum atomic E-state index is -1.09. The first kappa shape index (κ1) is 17.6. The van der Waals surface area contributed by atoms with Crippen LogP contribution in [0.1, 0.15) is 19.4 Å². The van der Waals surface area contributed by atoms with E-state index < -0.39 is 11.6 Å². The molecular formula is C18H14Br2O3. The lowest BCUT2D eigenvalue weighted by molar-refractivity contribution is -0.151. The number of carbonyl (C=O) groups excluding carboxylic acids is 1. The summed E-state index contributed by atoms with van der Waals surface area (Å²) in [6, 6.07) is 12.8. The predicted molar refractivity (Wildman–Crippen MR) is 96.3 cm³/mol. The molecule has 0 amide bonds. The summed E-state index contributed by atoms with van der Waals surface area (Å²) in [6.45, 7) is 3.01. The summed E-state index contributed by atoms with van der Waals surface area (Å²) in [6.07, 6.45) is 5.51. The molecule has 0 radical (unpaired) electrons. The number of esters is 1. The van der Waals surface area contributed by atoms with Crippen molar-refractivity contribution in [3.8, 4) is 23.8 Å². The van der Waals surface area contributed by atoms with E-state index in [4.69, 9.17) is 15.9 Å². The fourth-order valence-electron chi connectivity index (χ4n) is 1.99. The van der Waals surface area contributed by atoms with Crippen molar-refractivity contribution in [3.63, 3.8) is 0 Å². The van der Waals surface area contributed by atoms with E-state index in [0.29, 0.717) is 17.1 Å². The van der Waals surface area contributed by atoms with Crippen molar-refractivity contribution in [2.75, 3.05) is 0 Å². The van der Waals surface area contributed by atoms with Gasteiger partial charge in [0.05, 0.1) is 4.47 Å². The summed E-state index contributed by atoms with van der Waals surface area (Å²) in [5.74, 6) is 3.43. The molecule has 0 bridgehead atoms. The number of hydrogen-bond acceptors (Lipinski definition) is 3. The molecule has 0 N–H and O–H groups in total. The molecule has 0 spiro atoms. The molecule has 0 aromatic heterocycles. The predicted octanol–water partition coefficient (Wildman–Crippen LogP) is 5.42. The Balaban J connectivity index is 2.22. The van der Waals surface area contributed by atoms with E-state index in [1.165, 1.54) is 6.92 Å². The molecule has 0 heterocycles. The van der Waals surface area contributed by atoms with Crippen molar-refractivity contribution >= 4 is 37.8 Å². The van der Waals surface area contributed by atoms with Crippen LogP contribution in [-0.2, 0) is 15.1 Å². The van der Waals surface area contributed by atoms with Gasteiger partial charge in [-0.1, -0.05) is 34.0 Å². The average molecular weight is 438 g/mol. The summed E-state index contributed by atoms with van der Waals surface area (Å²) in [4.78, 5) is 11.2. The molecule has 0 saturated carbocycles. The van der Waals surface area contributed by atoms with Gasteiger partial charge >= 0.3 is 5.97 Å². The normalized spacial score (nSPS) is 12.8. The van der Waals surface area contributed by atoms with Crippen LogP contribution < -0.4 is 4.74 Å². The number of carbonyl (C=O) groups is 1. The zero-order valence-electron chi connectivity index (χ0n) is 12.6. The van der Waals surface area contributed by atoms with Gasteiger partial charge in [-0.25, -0.2) is 0 Å². The molecule has 0 aliphatic carbocycles. The number of terminal acetylenes is 1. The fourth-order valence-corrected chi connectivity index (χ4v) is 3.11. The second kappa shape index (κ2) is 7.20. The molecule has 0 aliphatic heterocycles. The number of benzene rings is 2. The third-order valence-electron chi connectivity index (χ3n) is 3.15. The highest BCUT2D eigenvalue weighted by Gasteiger charge is 2.27. The summed E-state index contributed by atoms with van der Waals surface area (Å²) < 4.78 is 12.8. The van der Waals surface area contributed by atoms with Gasteiger partial charge in [-0.3, -0.25) is 4.79 Å². The van der Waals surface area contributed by atoms with Crippen molar-refractivity contribution in [2.45, 2.75) is 19.4 Å². The largest absolute Gasteiger partial charge is 0.456 e. The summed E-state index contributed by atoms with van der Waals surface area (Å²) in [5.41, 5.74) is -0.389. The fraction of sp³-hybridized carbons (Fsp3) is 0.167. The topological polar surface area (TPSA) is 35.5 Å². The highest BCUT2D eigenvalue weighted by atomic mass is 79.9. The van der Waals surface area contributed by atoms with E-state index in [9.17, 15) is 4.79 Å². The second-order valence-electron chi connectivity index (χ2n) is 4.97. The van der Waals surface area contributed by atoms with Gasteiger partial charge < -0.3 is 9.47 Å². The van der Waals surface area contributed by atoms with Gasteiger partial charge in [0.1, 0.15) is 11.5 Å². The molecule has 2 aromatic rings. The Morgan fingerprint density at radius 2 is 1.83 bits per heavy atom. The van der Waals surface area contributed by atoms with Crippen LogP contribution in [0.2, 0.25) is 0 Å². The number of halogens is 2. The summed E-state index contributed by atoms with van der Waals surface area (Å²) >= 11 is 6.84. The van der Waals surface area contributed by atoms with Crippen molar-refractivity contribution in [1.82, 2.24) is 0 Å². The first-order valence-electron chi connectivity index (χ1n) is 6.75. The van der Waals surface area contributed by atoms with E-state index in [1.807, 2.05) is 18.2 Å². The minimum Gasteiger partial charge on any atom is -0.456 e. The second-order valence-corrected chi connectivity index (χ2v) is 6.74. The monoisotopic (exact) mass is 436 g/mol. The highest BCUT2D eigenvalue weighted by molar-refractivity contribution is 9.11. The zero-order valence-corrected chi connectivity index (χ0v) is 15.8. The molecule has 23 heavy (non-hydrogen) atoms. The standard InChI is InChI=1S/C18H14Br2O3/c1-4-18(3,23-12(2)21)13-5-8-15(9-6-13)22-17-10-7-14(19)11-16(17)20/h1,5-11H,2-3H3. The van der Waals surface area contributed by atoms with Gasteiger partial charge in [0.25, 0.3) is 0 Å². The quantitative estimate of drug-likeness (QED) is 0.473. The number of ether oxygens (including phenoxy) is 2. The molecule has 2 rings (SSSR count). The number of hydrogen-bond donors (Lipinski definition) is 0. The van der Waals surface area contributed by atoms with Gasteiger partial charge in [-0.05, 0) is 53.2 Å². The Kier molecular flexibility index (Phi) is 5.51. The van der Waals surface area contributed by atoms with Crippen LogP contribution in [0.25, 0.3) is 0 Å². The third kappa shape index (κ3) is 4.37. The van der Waals surface area contributed by atoms with E-state index in [2.05, 4.69) is 37.8 Å². The first-order valence-corrected chi connectivity index (χ1v) is 8.33. The molecule has 118 valence electrons. The maximum atomic E-state index is 11.2.